The van der Waals surface area contributed by atoms with E-state index < -0.39 is 12.1 Å². The van der Waals surface area contributed by atoms with Gasteiger partial charge >= 0.3 is 5.97 Å². The minimum absolute atomic E-state index is 0.230. The average molecular weight is 341 g/mol. The van der Waals surface area contributed by atoms with E-state index in [9.17, 15) is 9.59 Å². The van der Waals surface area contributed by atoms with Crippen LogP contribution in [-0.2, 0) is 4.74 Å². The fourth-order valence-corrected chi connectivity index (χ4v) is 3.15. The van der Waals surface area contributed by atoms with Crippen LogP contribution in [0.15, 0.2) is 30.3 Å². The van der Waals surface area contributed by atoms with Crippen LogP contribution in [0.1, 0.15) is 57.9 Å². The summed E-state index contributed by atoms with van der Waals surface area (Å²) in [6.07, 6.45) is 1.46. The third-order valence-electron chi connectivity index (χ3n) is 4.64. The first-order valence-corrected chi connectivity index (χ1v) is 8.50. The van der Waals surface area contributed by atoms with Gasteiger partial charge in [-0.3, -0.25) is 4.79 Å². The van der Waals surface area contributed by atoms with E-state index in [1.165, 1.54) is 0 Å². The summed E-state index contributed by atoms with van der Waals surface area (Å²) >= 11 is 0. The highest BCUT2D eigenvalue weighted by atomic mass is 16.5. The van der Waals surface area contributed by atoms with Crippen molar-refractivity contribution in [2.24, 2.45) is 0 Å². The Morgan fingerprint density at radius 3 is 2.36 bits per heavy atom. The fraction of sp³-hybridized carbons (Fsp3) is 0.400. The Morgan fingerprint density at radius 2 is 1.80 bits per heavy atom. The Labute approximate surface area is 147 Å². The Morgan fingerprint density at radius 1 is 1.16 bits per heavy atom. The van der Waals surface area contributed by atoms with Gasteiger partial charge in [-0.25, -0.2) is 4.79 Å². The van der Waals surface area contributed by atoms with E-state index in [4.69, 9.17) is 9.47 Å². The van der Waals surface area contributed by atoms with Gasteiger partial charge in [-0.1, -0.05) is 0 Å². The molecule has 0 N–H and O–H groups in total. The van der Waals surface area contributed by atoms with Crippen molar-refractivity contribution < 1.29 is 19.1 Å². The van der Waals surface area contributed by atoms with Crippen molar-refractivity contribution in [3.8, 4) is 5.75 Å². The number of Topliss-reactive ketones (excluding diaryl/α,β-unsaturated/α-hetero) is 1. The summed E-state index contributed by atoms with van der Waals surface area (Å²) in [5, 5.41) is 0. The number of aromatic nitrogens is 1. The minimum Gasteiger partial charge on any atom is -0.497 e. The molecule has 0 amide bonds. The van der Waals surface area contributed by atoms with Gasteiger partial charge in [0.15, 0.2) is 6.10 Å². The van der Waals surface area contributed by atoms with Crippen LogP contribution in [0, 0.1) is 13.8 Å². The van der Waals surface area contributed by atoms with Gasteiger partial charge in [0.2, 0.25) is 5.78 Å². The van der Waals surface area contributed by atoms with Gasteiger partial charge in [-0.05, 0) is 63.9 Å². The lowest BCUT2D eigenvalue weighted by Gasteiger charge is -2.13. The van der Waals surface area contributed by atoms with Crippen LogP contribution < -0.4 is 4.74 Å². The highest BCUT2D eigenvalue weighted by Gasteiger charge is 2.29. The number of benzene rings is 1. The van der Waals surface area contributed by atoms with Crippen LogP contribution in [0.5, 0.6) is 5.75 Å². The largest absolute Gasteiger partial charge is 0.497 e. The number of carbonyl (C=O) groups excluding carboxylic acids is 2. The van der Waals surface area contributed by atoms with Crippen LogP contribution in [0.4, 0.5) is 0 Å². The molecule has 0 unspecified atom stereocenters. The van der Waals surface area contributed by atoms with E-state index in [2.05, 4.69) is 4.57 Å². The van der Waals surface area contributed by atoms with E-state index in [0.29, 0.717) is 22.9 Å². The first-order chi connectivity index (χ1) is 11.9. The predicted octanol–water partition coefficient (Wildman–Crippen LogP) is 3.88. The molecule has 1 aromatic carbocycles. The van der Waals surface area contributed by atoms with Crippen molar-refractivity contribution >= 4 is 11.8 Å². The number of hydrogen-bond acceptors (Lipinski definition) is 4. The maximum atomic E-state index is 12.5. The molecule has 1 fully saturated rings. The second kappa shape index (κ2) is 6.75. The highest BCUT2D eigenvalue weighted by molar-refractivity contribution is 6.01. The summed E-state index contributed by atoms with van der Waals surface area (Å²) in [5.41, 5.74) is 3.00. The molecule has 5 nitrogen and oxygen atoms in total. The summed E-state index contributed by atoms with van der Waals surface area (Å²) in [6, 6.07) is 9.12. The molecule has 1 aliphatic rings. The van der Waals surface area contributed by atoms with Crippen molar-refractivity contribution in [1.82, 2.24) is 4.57 Å². The van der Waals surface area contributed by atoms with Crippen LogP contribution in [0.2, 0.25) is 0 Å². The van der Waals surface area contributed by atoms with Gasteiger partial charge < -0.3 is 14.0 Å². The number of aryl methyl sites for hydroxylation is 1. The van der Waals surface area contributed by atoms with Gasteiger partial charge in [0.1, 0.15) is 5.75 Å². The minimum atomic E-state index is -0.843. The number of carbonyl (C=O) groups is 2. The molecule has 1 atom stereocenters. The number of rotatable bonds is 6. The molecule has 2 aromatic rings. The topological polar surface area (TPSA) is 57.5 Å². The molecule has 3 rings (SSSR count). The van der Waals surface area contributed by atoms with Gasteiger partial charge in [0.05, 0.1) is 12.7 Å². The zero-order chi connectivity index (χ0) is 18.1. The van der Waals surface area contributed by atoms with Gasteiger partial charge in [0, 0.05) is 23.0 Å². The molecule has 0 bridgehead atoms. The predicted molar refractivity (Wildman–Crippen MR) is 94.4 cm³/mol. The van der Waals surface area contributed by atoms with Gasteiger partial charge in [-0.2, -0.15) is 0 Å². The molecule has 25 heavy (non-hydrogen) atoms. The molecule has 0 spiro atoms. The molecule has 132 valence electrons. The number of ether oxygens (including phenoxy) is 2. The van der Waals surface area contributed by atoms with E-state index >= 15 is 0 Å². The lowest BCUT2D eigenvalue weighted by Crippen LogP contribution is -2.24. The lowest BCUT2D eigenvalue weighted by atomic mass is 10.1. The van der Waals surface area contributed by atoms with Gasteiger partial charge in [0.25, 0.3) is 0 Å². The van der Waals surface area contributed by atoms with Crippen molar-refractivity contribution in [3.63, 3.8) is 0 Å². The van der Waals surface area contributed by atoms with E-state index in [1.807, 2.05) is 19.9 Å². The number of methoxy groups -OCH3 is 1. The molecule has 1 heterocycles. The third-order valence-corrected chi connectivity index (χ3v) is 4.64. The summed E-state index contributed by atoms with van der Waals surface area (Å²) in [4.78, 5) is 25.0. The SMILES string of the molecule is COc1ccc(C(=O)[C@@H](C)OC(=O)c2cc(C)n(C3CC3)c2C)cc1. The zero-order valence-electron chi connectivity index (χ0n) is 15.0. The van der Waals surface area contributed by atoms with Crippen LogP contribution in [0.25, 0.3) is 0 Å². The second-order valence-electron chi connectivity index (χ2n) is 6.53. The molecule has 0 radical (unpaired) electrons. The van der Waals surface area contributed by atoms with Crippen molar-refractivity contribution in [2.45, 2.75) is 45.8 Å². The summed E-state index contributed by atoms with van der Waals surface area (Å²) in [6.45, 7) is 5.52. The van der Waals surface area contributed by atoms with Crippen LogP contribution in [0.3, 0.4) is 0 Å². The summed E-state index contributed by atoms with van der Waals surface area (Å²) < 4.78 is 12.7. The molecular weight excluding hydrogens is 318 g/mol. The number of hydrogen-bond donors (Lipinski definition) is 0. The summed E-state index contributed by atoms with van der Waals surface area (Å²) in [7, 11) is 1.57. The van der Waals surface area contributed by atoms with Crippen molar-refractivity contribution in [2.75, 3.05) is 7.11 Å². The first kappa shape index (κ1) is 17.3. The fourth-order valence-electron chi connectivity index (χ4n) is 3.15. The quantitative estimate of drug-likeness (QED) is 0.591. The van der Waals surface area contributed by atoms with Crippen LogP contribution in [-0.4, -0.2) is 29.5 Å². The Bertz CT molecular complexity index is 800. The normalized spacial score (nSPS) is 14.9. The van der Waals surface area contributed by atoms with Crippen molar-refractivity contribution in [1.29, 1.82) is 0 Å². The van der Waals surface area contributed by atoms with Gasteiger partial charge in [-0.15, -0.1) is 0 Å². The molecule has 5 heteroatoms. The maximum Gasteiger partial charge on any atom is 0.340 e. The molecule has 1 aromatic heterocycles. The Hall–Kier alpha value is -2.56. The molecule has 0 aliphatic heterocycles. The van der Waals surface area contributed by atoms with E-state index in [-0.39, 0.29) is 5.78 Å². The number of nitrogens with zero attached hydrogens (tertiary/aromatic N) is 1. The van der Waals surface area contributed by atoms with E-state index in [0.717, 1.165) is 24.2 Å². The van der Waals surface area contributed by atoms with Crippen LogP contribution >= 0.6 is 0 Å². The molecule has 1 aliphatic carbocycles. The molecule has 0 saturated heterocycles. The number of esters is 1. The second-order valence-corrected chi connectivity index (χ2v) is 6.53. The number of ketones is 1. The van der Waals surface area contributed by atoms with E-state index in [1.54, 1.807) is 38.3 Å². The smallest absolute Gasteiger partial charge is 0.340 e. The Balaban J connectivity index is 1.71. The average Bonchev–Trinajstić information content (AvgIpc) is 3.39. The standard InChI is InChI=1S/C20H23NO4/c1-12-11-18(13(2)21(12)16-7-8-16)20(23)25-14(3)19(22)15-5-9-17(24-4)10-6-15/h5-6,9-11,14,16H,7-8H2,1-4H3/t14-/m1/s1. The maximum absolute atomic E-state index is 12.5. The van der Waals surface area contributed by atoms with Crippen molar-refractivity contribution in [3.05, 3.63) is 52.8 Å². The third kappa shape index (κ3) is 3.45. The first-order valence-electron chi connectivity index (χ1n) is 8.50. The zero-order valence-corrected chi connectivity index (χ0v) is 15.0. The molecule has 1 saturated carbocycles. The molecular formula is C20H23NO4. The summed E-state index contributed by atoms with van der Waals surface area (Å²) in [5.74, 6) is -0.00456. The lowest BCUT2D eigenvalue weighted by molar-refractivity contribution is 0.0318. The highest BCUT2D eigenvalue weighted by Crippen LogP contribution is 2.38. The Kier molecular flexibility index (Phi) is 4.66. The monoisotopic (exact) mass is 341 g/mol.